The molecule has 1 aliphatic rings. The van der Waals surface area contributed by atoms with E-state index in [1.54, 1.807) is 36.1 Å². The number of carbonyl (C=O) groups excluding carboxylic acids is 3. The molecular weight excluding hydrogens is 395 g/mol. The highest BCUT2D eigenvalue weighted by Crippen LogP contribution is 2.22. The average Bonchev–Trinajstić information content (AvgIpc) is 3.14. The number of nitrogens with one attached hydrogen (secondary N) is 3. The lowest BCUT2D eigenvalue weighted by Gasteiger charge is -2.16. The minimum Gasteiger partial charge on any atom is -0.336 e. The number of nitrogens with zero attached hydrogens (tertiary/aromatic N) is 1. The highest BCUT2D eigenvalue weighted by molar-refractivity contribution is 8.01. The quantitative estimate of drug-likeness (QED) is 0.647. The minimum atomic E-state index is -0.465. The van der Waals surface area contributed by atoms with Gasteiger partial charge in [-0.1, -0.05) is 6.07 Å². The van der Waals surface area contributed by atoms with E-state index >= 15 is 0 Å². The molecule has 2 aromatic rings. The molecular formula is C20H21FN4O3S. The Morgan fingerprint density at radius 2 is 1.93 bits per heavy atom. The van der Waals surface area contributed by atoms with E-state index in [1.165, 1.54) is 36.0 Å². The molecule has 2 aromatic carbocycles. The van der Waals surface area contributed by atoms with Crippen molar-refractivity contribution in [3.8, 4) is 0 Å². The van der Waals surface area contributed by atoms with Crippen LogP contribution in [0, 0.1) is 5.82 Å². The van der Waals surface area contributed by atoms with Crippen LogP contribution in [0.25, 0.3) is 0 Å². The fraction of sp³-hybridized carbons (Fsp3) is 0.250. The van der Waals surface area contributed by atoms with Crippen molar-refractivity contribution in [1.29, 1.82) is 0 Å². The minimum absolute atomic E-state index is 0.0833. The van der Waals surface area contributed by atoms with Gasteiger partial charge in [0.15, 0.2) is 0 Å². The molecule has 0 saturated carbocycles. The predicted octanol–water partition coefficient (Wildman–Crippen LogP) is 3.05. The van der Waals surface area contributed by atoms with Crippen molar-refractivity contribution in [2.24, 2.45) is 0 Å². The molecule has 1 heterocycles. The Kier molecular flexibility index (Phi) is 6.71. The highest BCUT2D eigenvalue weighted by atomic mass is 32.2. The van der Waals surface area contributed by atoms with Crippen LogP contribution < -0.4 is 20.9 Å². The maximum atomic E-state index is 12.9. The number of rotatable bonds is 7. The fourth-order valence-electron chi connectivity index (χ4n) is 2.72. The van der Waals surface area contributed by atoms with Gasteiger partial charge in [-0.15, -0.1) is 11.8 Å². The molecule has 3 N–H and O–H groups in total. The van der Waals surface area contributed by atoms with Crippen LogP contribution >= 0.6 is 11.8 Å². The predicted molar refractivity (Wildman–Crippen MR) is 113 cm³/mol. The van der Waals surface area contributed by atoms with Gasteiger partial charge in [-0.25, -0.2) is 9.18 Å². The maximum absolute atomic E-state index is 12.9. The van der Waals surface area contributed by atoms with Gasteiger partial charge in [0.25, 0.3) is 0 Å². The molecule has 3 rings (SSSR count). The summed E-state index contributed by atoms with van der Waals surface area (Å²) >= 11 is 1.19. The normalized spacial score (nSPS) is 14.3. The second-order valence-corrected chi connectivity index (χ2v) is 7.76. The molecule has 0 aliphatic carbocycles. The van der Waals surface area contributed by atoms with Gasteiger partial charge >= 0.3 is 6.03 Å². The molecule has 0 radical (unpaired) electrons. The number of benzene rings is 2. The SMILES string of the molecule is CC(SCC(=O)Nc1ccc(F)cc1)C(=O)Nc1cccc(N2CCNC2=O)c1. The van der Waals surface area contributed by atoms with E-state index in [9.17, 15) is 18.8 Å². The molecule has 4 amide bonds. The first kappa shape index (κ1) is 20.7. The molecule has 1 unspecified atom stereocenters. The Labute approximate surface area is 172 Å². The summed E-state index contributed by atoms with van der Waals surface area (Å²) in [5.74, 6) is -0.812. The van der Waals surface area contributed by atoms with Gasteiger partial charge in [-0.05, 0) is 49.4 Å². The van der Waals surface area contributed by atoms with E-state index in [0.29, 0.717) is 30.2 Å². The molecule has 0 bridgehead atoms. The molecule has 1 atom stereocenters. The molecule has 9 heteroatoms. The van der Waals surface area contributed by atoms with Gasteiger partial charge in [0.1, 0.15) is 5.82 Å². The fourth-order valence-corrected chi connectivity index (χ4v) is 3.40. The highest BCUT2D eigenvalue weighted by Gasteiger charge is 2.22. The largest absolute Gasteiger partial charge is 0.336 e. The first-order chi connectivity index (χ1) is 13.9. The number of thioether (sulfide) groups is 1. The van der Waals surface area contributed by atoms with Crippen LogP contribution in [-0.4, -0.2) is 41.9 Å². The van der Waals surface area contributed by atoms with Crippen LogP contribution in [0.15, 0.2) is 48.5 Å². The second kappa shape index (κ2) is 9.42. The second-order valence-electron chi connectivity index (χ2n) is 6.43. The van der Waals surface area contributed by atoms with Gasteiger partial charge in [-0.2, -0.15) is 0 Å². The third-order valence-corrected chi connectivity index (χ3v) is 5.39. The topological polar surface area (TPSA) is 90.5 Å². The monoisotopic (exact) mass is 416 g/mol. The molecule has 1 fully saturated rings. The summed E-state index contributed by atoms with van der Waals surface area (Å²) in [7, 11) is 0. The zero-order valence-corrected chi connectivity index (χ0v) is 16.6. The number of urea groups is 1. The summed E-state index contributed by atoms with van der Waals surface area (Å²) in [6.07, 6.45) is 0. The van der Waals surface area contributed by atoms with Crippen LogP contribution in [0.1, 0.15) is 6.92 Å². The first-order valence-corrected chi connectivity index (χ1v) is 10.1. The number of carbonyl (C=O) groups is 3. The van der Waals surface area contributed by atoms with Crippen LogP contribution in [0.5, 0.6) is 0 Å². The van der Waals surface area contributed by atoms with Gasteiger partial charge in [0.05, 0.1) is 11.0 Å². The van der Waals surface area contributed by atoms with Crippen molar-refractivity contribution in [2.45, 2.75) is 12.2 Å². The van der Waals surface area contributed by atoms with Gasteiger partial charge in [0.2, 0.25) is 11.8 Å². The Morgan fingerprint density at radius 3 is 2.62 bits per heavy atom. The zero-order chi connectivity index (χ0) is 20.8. The zero-order valence-electron chi connectivity index (χ0n) is 15.8. The maximum Gasteiger partial charge on any atom is 0.321 e. The lowest BCUT2D eigenvalue weighted by molar-refractivity contribution is -0.115. The van der Waals surface area contributed by atoms with E-state index in [1.807, 2.05) is 0 Å². The molecule has 0 spiro atoms. The lowest BCUT2D eigenvalue weighted by atomic mass is 10.2. The summed E-state index contributed by atoms with van der Waals surface area (Å²) in [6.45, 7) is 2.87. The van der Waals surface area contributed by atoms with Crippen molar-refractivity contribution in [3.63, 3.8) is 0 Å². The Balaban J connectivity index is 1.49. The third kappa shape index (κ3) is 5.71. The number of hydrogen-bond donors (Lipinski definition) is 3. The van der Waals surface area contributed by atoms with Crippen molar-refractivity contribution in [3.05, 3.63) is 54.3 Å². The van der Waals surface area contributed by atoms with E-state index in [4.69, 9.17) is 0 Å². The standard InChI is InChI=1S/C20H21FN4O3S/c1-13(29-12-18(26)23-15-7-5-14(21)6-8-15)19(27)24-16-3-2-4-17(11-16)25-10-9-22-20(25)28/h2-8,11,13H,9-10,12H2,1H3,(H,22,28)(H,23,26)(H,24,27). The number of halogens is 1. The van der Waals surface area contributed by atoms with Gasteiger partial charge in [0, 0.05) is 30.2 Å². The molecule has 7 nitrogen and oxygen atoms in total. The van der Waals surface area contributed by atoms with Crippen molar-refractivity contribution in [2.75, 3.05) is 34.4 Å². The molecule has 29 heavy (non-hydrogen) atoms. The molecule has 1 aliphatic heterocycles. The summed E-state index contributed by atoms with van der Waals surface area (Å²) in [5, 5.41) is 7.73. The summed E-state index contributed by atoms with van der Waals surface area (Å²) < 4.78 is 12.9. The number of hydrogen-bond acceptors (Lipinski definition) is 4. The van der Waals surface area contributed by atoms with Crippen LogP contribution in [0.2, 0.25) is 0 Å². The van der Waals surface area contributed by atoms with Crippen molar-refractivity contribution < 1.29 is 18.8 Å². The van der Waals surface area contributed by atoms with Gasteiger partial charge < -0.3 is 16.0 Å². The van der Waals surface area contributed by atoms with Crippen LogP contribution in [-0.2, 0) is 9.59 Å². The van der Waals surface area contributed by atoms with Crippen LogP contribution in [0.4, 0.5) is 26.2 Å². The smallest absolute Gasteiger partial charge is 0.321 e. The van der Waals surface area contributed by atoms with Crippen molar-refractivity contribution >= 4 is 46.7 Å². The lowest BCUT2D eigenvalue weighted by Crippen LogP contribution is -2.28. The molecule has 152 valence electrons. The summed E-state index contributed by atoms with van der Waals surface area (Å²) in [6, 6.07) is 12.4. The van der Waals surface area contributed by atoms with Crippen molar-refractivity contribution in [1.82, 2.24) is 5.32 Å². The van der Waals surface area contributed by atoms with Crippen LogP contribution in [0.3, 0.4) is 0 Å². The summed E-state index contributed by atoms with van der Waals surface area (Å²) in [4.78, 5) is 37.8. The number of anilines is 3. The van der Waals surface area contributed by atoms with E-state index in [0.717, 1.165) is 0 Å². The first-order valence-electron chi connectivity index (χ1n) is 9.06. The van der Waals surface area contributed by atoms with Gasteiger partial charge in [-0.3, -0.25) is 14.5 Å². The third-order valence-electron chi connectivity index (χ3n) is 4.24. The Bertz CT molecular complexity index is 907. The Morgan fingerprint density at radius 1 is 1.17 bits per heavy atom. The van der Waals surface area contributed by atoms with E-state index in [2.05, 4.69) is 16.0 Å². The molecule has 0 aromatic heterocycles. The van der Waals surface area contributed by atoms with E-state index in [-0.39, 0.29) is 29.4 Å². The number of amides is 4. The van der Waals surface area contributed by atoms with E-state index < -0.39 is 5.25 Å². The summed E-state index contributed by atoms with van der Waals surface area (Å²) in [5.41, 5.74) is 1.78. The average molecular weight is 416 g/mol. The molecule has 1 saturated heterocycles. The Hall–Kier alpha value is -3.07.